The fourth-order valence-electron chi connectivity index (χ4n) is 3.33. The summed E-state index contributed by atoms with van der Waals surface area (Å²) in [5.41, 5.74) is 2.43. The van der Waals surface area contributed by atoms with Gasteiger partial charge < -0.3 is 20.9 Å². The molecule has 1 amide bonds. The van der Waals surface area contributed by atoms with E-state index in [2.05, 4.69) is 64.0 Å². The number of guanidine groups is 1. The first-order chi connectivity index (χ1) is 13.8. The Bertz CT molecular complexity index is 816. The molecule has 1 fully saturated rings. The van der Waals surface area contributed by atoms with Crippen LogP contribution in [-0.4, -0.2) is 71.1 Å². The molecule has 3 N–H and O–H groups in total. The van der Waals surface area contributed by atoms with E-state index in [1.807, 2.05) is 0 Å². The maximum Gasteiger partial charge on any atom is 0.222 e. The van der Waals surface area contributed by atoms with E-state index >= 15 is 0 Å². The molecule has 0 saturated carbocycles. The molecule has 1 unspecified atom stereocenters. The topological polar surface area (TPSA) is 103 Å². The molecule has 0 aliphatic carbocycles. The van der Waals surface area contributed by atoms with Gasteiger partial charge in [0.2, 0.25) is 5.91 Å². The predicted octanol–water partition coefficient (Wildman–Crippen LogP) is 1.30. The van der Waals surface area contributed by atoms with Crippen molar-refractivity contribution >= 4 is 51.4 Å². The number of likely N-dealkylation sites (N-methyl/N-ethyl adjacent to an activating group) is 1. The van der Waals surface area contributed by atoms with E-state index < -0.39 is 9.84 Å². The van der Waals surface area contributed by atoms with Gasteiger partial charge in [-0.25, -0.2) is 8.42 Å². The third kappa shape index (κ3) is 9.07. The second-order valence-electron chi connectivity index (χ2n) is 7.26. The van der Waals surface area contributed by atoms with E-state index in [-0.39, 0.29) is 53.9 Å². The molecule has 30 heavy (non-hydrogen) atoms. The van der Waals surface area contributed by atoms with Crippen LogP contribution in [0.1, 0.15) is 25.3 Å². The van der Waals surface area contributed by atoms with Crippen LogP contribution < -0.4 is 20.9 Å². The maximum atomic E-state index is 12.0. The van der Waals surface area contributed by atoms with Crippen molar-refractivity contribution in [2.75, 3.05) is 49.6 Å². The van der Waals surface area contributed by atoms with Crippen LogP contribution in [0.15, 0.2) is 29.3 Å². The maximum absolute atomic E-state index is 12.0. The average Bonchev–Trinajstić information content (AvgIpc) is 3.01. The van der Waals surface area contributed by atoms with Crippen molar-refractivity contribution in [3.8, 4) is 0 Å². The number of nitrogens with zero attached hydrogens (tertiary/aromatic N) is 2. The summed E-state index contributed by atoms with van der Waals surface area (Å²) in [6.07, 6.45) is 0.765. The number of carbonyl (C=O) groups is 1. The average molecular weight is 551 g/mol. The highest BCUT2D eigenvalue weighted by molar-refractivity contribution is 14.0. The summed E-state index contributed by atoms with van der Waals surface area (Å²) < 4.78 is 22.9. The lowest BCUT2D eigenvalue weighted by Gasteiger charge is -2.24. The van der Waals surface area contributed by atoms with Crippen LogP contribution in [0.4, 0.5) is 5.69 Å². The van der Waals surface area contributed by atoms with Gasteiger partial charge in [0.05, 0.1) is 11.5 Å². The second kappa shape index (κ2) is 13.0. The Morgan fingerprint density at radius 3 is 2.60 bits per heavy atom. The van der Waals surface area contributed by atoms with E-state index in [0.29, 0.717) is 25.5 Å². The van der Waals surface area contributed by atoms with Crippen molar-refractivity contribution in [1.29, 1.82) is 0 Å². The van der Waals surface area contributed by atoms with Crippen LogP contribution in [0, 0.1) is 6.92 Å². The second-order valence-corrected chi connectivity index (χ2v) is 9.49. The molecule has 0 bridgehead atoms. The molecule has 1 aromatic rings. The highest BCUT2D eigenvalue weighted by Crippen LogP contribution is 2.15. The summed E-state index contributed by atoms with van der Waals surface area (Å²) in [4.78, 5) is 18.5. The molecule has 1 aromatic carbocycles. The number of carbonyl (C=O) groups excluding carboxylic acids is 1. The quantitative estimate of drug-likeness (QED) is 0.243. The number of rotatable bonds is 9. The molecule has 2 rings (SSSR count). The van der Waals surface area contributed by atoms with Crippen LogP contribution in [0.2, 0.25) is 0 Å². The van der Waals surface area contributed by atoms with Crippen molar-refractivity contribution in [2.45, 2.75) is 32.7 Å². The number of halogens is 1. The summed E-state index contributed by atoms with van der Waals surface area (Å²) in [6.45, 7) is 7.10. The highest BCUT2D eigenvalue weighted by atomic mass is 127. The minimum Gasteiger partial charge on any atom is -0.370 e. The van der Waals surface area contributed by atoms with E-state index in [9.17, 15) is 13.2 Å². The lowest BCUT2D eigenvalue weighted by Crippen LogP contribution is -2.43. The molecule has 0 radical (unpaired) electrons. The number of anilines is 1. The van der Waals surface area contributed by atoms with Crippen LogP contribution >= 0.6 is 24.0 Å². The molecule has 1 aliphatic rings. The number of sulfone groups is 1. The van der Waals surface area contributed by atoms with Crippen LogP contribution in [0.5, 0.6) is 0 Å². The van der Waals surface area contributed by atoms with Gasteiger partial charge in [-0.05, 0) is 38.0 Å². The lowest BCUT2D eigenvalue weighted by atomic mass is 10.2. The van der Waals surface area contributed by atoms with Gasteiger partial charge in [0, 0.05) is 51.4 Å². The Kier molecular flexibility index (Phi) is 11.5. The fraction of sp³-hybridized carbons (Fsp3) is 0.600. The van der Waals surface area contributed by atoms with Crippen molar-refractivity contribution in [2.24, 2.45) is 4.99 Å². The molecule has 1 heterocycles. The van der Waals surface area contributed by atoms with Gasteiger partial charge >= 0.3 is 0 Å². The van der Waals surface area contributed by atoms with Crippen molar-refractivity contribution in [3.63, 3.8) is 0 Å². The van der Waals surface area contributed by atoms with E-state index in [0.717, 1.165) is 13.1 Å². The molecule has 10 heteroatoms. The lowest BCUT2D eigenvalue weighted by molar-refractivity contribution is -0.121. The zero-order valence-corrected chi connectivity index (χ0v) is 21.1. The van der Waals surface area contributed by atoms with E-state index in [1.54, 1.807) is 7.05 Å². The minimum absolute atomic E-state index is 0. The van der Waals surface area contributed by atoms with Gasteiger partial charge in [-0.2, -0.15) is 0 Å². The van der Waals surface area contributed by atoms with Gasteiger partial charge in [0.1, 0.15) is 0 Å². The SMILES string of the molecule is CCN(CCNC(=NC)NCCC(=O)NC1CCS(=O)(=O)C1)c1cccc(C)c1.I. The minimum atomic E-state index is -2.98. The number of amides is 1. The van der Waals surface area contributed by atoms with Crippen molar-refractivity contribution in [3.05, 3.63) is 29.8 Å². The largest absolute Gasteiger partial charge is 0.370 e. The number of aliphatic imine (C=N–C) groups is 1. The highest BCUT2D eigenvalue weighted by Gasteiger charge is 2.28. The monoisotopic (exact) mass is 551 g/mol. The molecule has 0 spiro atoms. The Hall–Kier alpha value is -1.56. The van der Waals surface area contributed by atoms with Crippen molar-refractivity contribution in [1.82, 2.24) is 16.0 Å². The molecule has 0 aromatic heterocycles. The van der Waals surface area contributed by atoms with E-state index in [4.69, 9.17) is 0 Å². The summed E-state index contributed by atoms with van der Waals surface area (Å²) in [5.74, 6) is 0.696. The first-order valence-corrected chi connectivity index (χ1v) is 11.9. The third-order valence-electron chi connectivity index (χ3n) is 4.89. The van der Waals surface area contributed by atoms with Crippen LogP contribution in [0.3, 0.4) is 0 Å². The summed E-state index contributed by atoms with van der Waals surface area (Å²) in [6, 6.07) is 8.17. The zero-order chi connectivity index (χ0) is 21.3. The molecular weight excluding hydrogens is 517 g/mol. The number of aryl methyl sites for hydroxylation is 1. The molecule has 170 valence electrons. The first kappa shape index (κ1) is 26.5. The Balaban J connectivity index is 0.00000450. The Morgan fingerprint density at radius 2 is 2.00 bits per heavy atom. The molecule has 1 saturated heterocycles. The van der Waals surface area contributed by atoms with Crippen LogP contribution in [-0.2, 0) is 14.6 Å². The normalized spacial score (nSPS) is 17.7. The number of hydrogen-bond acceptors (Lipinski definition) is 5. The van der Waals surface area contributed by atoms with Gasteiger partial charge in [-0.15, -0.1) is 24.0 Å². The summed E-state index contributed by atoms with van der Waals surface area (Å²) in [7, 11) is -1.29. The Morgan fingerprint density at radius 1 is 1.27 bits per heavy atom. The van der Waals surface area contributed by atoms with Gasteiger partial charge in [0.15, 0.2) is 15.8 Å². The molecular formula is C20H34IN5O3S. The number of hydrogen-bond donors (Lipinski definition) is 3. The summed E-state index contributed by atoms with van der Waals surface area (Å²) >= 11 is 0. The van der Waals surface area contributed by atoms with Crippen molar-refractivity contribution < 1.29 is 13.2 Å². The molecule has 1 atom stereocenters. The van der Waals surface area contributed by atoms with Gasteiger partial charge in [-0.1, -0.05) is 12.1 Å². The summed E-state index contributed by atoms with van der Waals surface area (Å²) in [5, 5.41) is 9.18. The smallest absolute Gasteiger partial charge is 0.222 e. The molecule has 1 aliphatic heterocycles. The Labute approximate surface area is 197 Å². The predicted molar refractivity (Wildman–Crippen MR) is 134 cm³/mol. The van der Waals surface area contributed by atoms with Gasteiger partial charge in [0.25, 0.3) is 0 Å². The first-order valence-electron chi connectivity index (χ1n) is 10.1. The van der Waals surface area contributed by atoms with Gasteiger partial charge in [-0.3, -0.25) is 9.79 Å². The number of nitrogens with one attached hydrogen (secondary N) is 3. The molecule has 8 nitrogen and oxygen atoms in total. The zero-order valence-electron chi connectivity index (χ0n) is 18.0. The third-order valence-corrected chi connectivity index (χ3v) is 6.66. The standard InChI is InChI=1S/C20H33N5O3S.HI/c1-4-25(18-7-5-6-16(2)14-18)12-11-23-20(21-3)22-10-8-19(26)24-17-9-13-29(27,28)15-17;/h5-7,14,17H,4,8-13,15H2,1-3H3,(H,24,26)(H2,21,22,23);1H. The fourth-order valence-corrected chi connectivity index (χ4v) is 5.00. The van der Waals surface area contributed by atoms with E-state index in [1.165, 1.54) is 11.3 Å². The number of benzene rings is 1. The van der Waals surface area contributed by atoms with Crippen LogP contribution in [0.25, 0.3) is 0 Å².